The average molecular weight is 395 g/mol. The largest absolute Gasteiger partial charge is 0.329 e. The molecule has 2 aromatic carbocycles. The molecule has 0 unspecified atom stereocenters. The van der Waals surface area contributed by atoms with Crippen LogP contribution in [-0.2, 0) is 16.4 Å². The Morgan fingerprint density at radius 3 is 2.12 bits per heavy atom. The van der Waals surface area contributed by atoms with Gasteiger partial charge in [-0.2, -0.15) is 4.31 Å². The third-order valence-corrected chi connectivity index (χ3v) is 5.38. The van der Waals surface area contributed by atoms with E-state index in [1.165, 1.54) is 0 Å². The fourth-order valence-corrected chi connectivity index (χ4v) is 3.75. The molecule has 0 aliphatic heterocycles. The van der Waals surface area contributed by atoms with Crippen LogP contribution in [0.1, 0.15) is 5.56 Å². The van der Waals surface area contributed by atoms with Crippen LogP contribution in [0.5, 0.6) is 0 Å². The van der Waals surface area contributed by atoms with E-state index in [4.69, 9.17) is 5.73 Å². The van der Waals surface area contributed by atoms with Crippen LogP contribution in [0.4, 0.5) is 13.2 Å². The smallest absolute Gasteiger partial charge is 0.246 e. The molecule has 0 saturated heterocycles. The van der Waals surface area contributed by atoms with Gasteiger partial charge in [-0.1, -0.05) is 30.3 Å². The first-order valence-electron chi connectivity index (χ1n) is 7.25. The number of nitrogens with zero attached hydrogens (tertiary/aromatic N) is 1. The fraction of sp³-hybridized carbons (Fsp3) is 0.250. The molecular weight excluding hydrogens is 377 g/mol. The molecule has 0 spiro atoms. The van der Waals surface area contributed by atoms with Crippen LogP contribution in [0.2, 0.25) is 0 Å². The predicted octanol–water partition coefficient (Wildman–Crippen LogP) is 2.72. The van der Waals surface area contributed by atoms with Crippen molar-refractivity contribution in [2.24, 2.45) is 5.73 Å². The van der Waals surface area contributed by atoms with Crippen molar-refractivity contribution >= 4 is 22.4 Å². The van der Waals surface area contributed by atoms with Gasteiger partial charge in [-0.05, 0) is 18.1 Å². The zero-order valence-corrected chi connectivity index (χ0v) is 14.8. The van der Waals surface area contributed by atoms with Gasteiger partial charge in [-0.25, -0.2) is 21.6 Å². The molecule has 9 heteroatoms. The van der Waals surface area contributed by atoms with E-state index in [9.17, 15) is 21.6 Å². The zero-order chi connectivity index (χ0) is 17.7. The number of benzene rings is 2. The molecule has 2 N–H and O–H groups in total. The van der Waals surface area contributed by atoms with Gasteiger partial charge in [-0.15, -0.1) is 12.4 Å². The van der Waals surface area contributed by atoms with E-state index in [0.717, 1.165) is 9.87 Å². The van der Waals surface area contributed by atoms with Crippen molar-refractivity contribution in [2.45, 2.75) is 11.3 Å². The first-order chi connectivity index (χ1) is 11.4. The highest BCUT2D eigenvalue weighted by Gasteiger charge is 2.28. The summed E-state index contributed by atoms with van der Waals surface area (Å²) in [6.45, 7) is -0.00506. The maximum Gasteiger partial charge on any atom is 0.246 e. The molecular formula is C16H18ClF3N2O2S. The second-order valence-electron chi connectivity index (χ2n) is 5.13. The summed E-state index contributed by atoms with van der Waals surface area (Å²) in [4.78, 5) is -0.900. The van der Waals surface area contributed by atoms with Crippen LogP contribution in [0.3, 0.4) is 0 Å². The first kappa shape index (κ1) is 21.4. The van der Waals surface area contributed by atoms with Gasteiger partial charge in [0.1, 0.15) is 10.7 Å². The first-order valence-corrected chi connectivity index (χ1v) is 8.69. The van der Waals surface area contributed by atoms with Gasteiger partial charge < -0.3 is 5.73 Å². The van der Waals surface area contributed by atoms with Crippen LogP contribution < -0.4 is 5.73 Å². The average Bonchev–Trinajstić information content (AvgIpc) is 2.55. The van der Waals surface area contributed by atoms with E-state index in [0.29, 0.717) is 12.5 Å². The maximum absolute atomic E-state index is 13.8. The quantitative estimate of drug-likeness (QED) is 0.734. The highest BCUT2D eigenvalue weighted by molar-refractivity contribution is 7.89. The van der Waals surface area contributed by atoms with Crippen molar-refractivity contribution in [3.05, 3.63) is 65.5 Å². The molecule has 0 amide bonds. The van der Waals surface area contributed by atoms with E-state index in [1.807, 2.05) is 30.3 Å². The number of halogens is 4. The molecule has 0 aromatic heterocycles. The van der Waals surface area contributed by atoms with Gasteiger partial charge in [0.2, 0.25) is 10.0 Å². The summed E-state index contributed by atoms with van der Waals surface area (Å²) in [6.07, 6.45) is 0.380. The van der Waals surface area contributed by atoms with Crippen molar-refractivity contribution < 1.29 is 21.6 Å². The number of rotatable bonds is 7. The summed E-state index contributed by atoms with van der Waals surface area (Å²) in [6, 6.07) is 9.68. The fourth-order valence-electron chi connectivity index (χ4n) is 2.24. The number of nitrogens with two attached hydrogens (primary N) is 1. The van der Waals surface area contributed by atoms with Crippen LogP contribution >= 0.6 is 12.4 Å². The Morgan fingerprint density at radius 2 is 1.52 bits per heavy atom. The molecule has 0 aliphatic rings. The second kappa shape index (κ2) is 9.19. The molecule has 25 heavy (non-hydrogen) atoms. The molecule has 0 atom stereocenters. The minimum Gasteiger partial charge on any atom is -0.329 e. The van der Waals surface area contributed by atoms with Gasteiger partial charge in [0.05, 0.1) is 0 Å². The third-order valence-electron chi connectivity index (χ3n) is 3.46. The molecule has 0 saturated carbocycles. The molecule has 0 heterocycles. The summed E-state index contributed by atoms with van der Waals surface area (Å²) in [5.41, 5.74) is 6.32. The van der Waals surface area contributed by atoms with Crippen LogP contribution in [0.25, 0.3) is 0 Å². The number of sulfonamides is 1. The van der Waals surface area contributed by atoms with Crippen molar-refractivity contribution in [3.8, 4) is 0 Å². The number of hydrogen-bond donors (Lipinski definition) is 1. The molecule has 2 aromatic rings. The lowest BCUT2D eigenvalue weighted by molar-refractivity contribution is 0.414. The Morgan fingerprint density at radius 1 is 0.920 bits per heavy atom. The summed E-state index contributed by atoms with van der Waals surface area (Å²) in [5, 5.41) is 0. The van der Waals surface area contributed by atoms with Crippen LogP contribution in [0.15, 0.2) is 47.4 Å². The highest BCUT2D eigenvalue weighted by Crippen LogP contribution is 2.22. The summed E-state index contributed by atoms with van der Waals surface area (Å²) < 4.78 is 66.3. The van der Waals surface area contributed by atoms with Gasteiger partial charge in [0, 0.05) is 25.7 Å². The second-order valence-corrected chi connectivity index (χ2v) is 7.03. The Balaban J connectivity index is 0.00000312. The zero-order valence-electron chi connectivity index (χ0n) is 13.2. The molecule has 0 radical (unpaired) electrons. The molecule has 2 rings (SSSR count). The summed E-state index contributed by atoms with van der Waals surface area (Å²) in [5.74, 6) is -4.21. The van der Waals surface area contributed by atoms with Crippen molar-refractivity contribution in [2.75, 3.05) is 19.6 Å². The van der Waals surface area contributed by atoms with Gasteiger partial charge in [0.15, 0.2) is 11.6 Å². The lowest BCUT2D eigenvalue weighted by Gasteiger charge is -2.22. The number of hydrogen-bond acceptors (Lipinski definition) is 3. The lowest BCUT2D eigenvalue weighted by atomic mass is 10.1. The molecule has 0 aliphatic carbocycles. The predicted molar refractivity (Wildman–Crippen MR) is 91.5 cm³/mol. The normalized spacial score (nSPS) is 11.4. The molecule has 0 fully saturated rings. The maximum atomic E-state index is 13.8. The standard InChI is InChI=1S/C16H17F3N2O2S.ClH/c17-13-10-15(19)16(11-14(13)18)24(22,23)21(9-7-20)8-6-12-4-2-1-3-5-12;/h1-5,10-11H,6-9,20H2;1H. The van der Waals surface area contributed by atoms with Crippen LogP contribution in [0, 0.1) is 17.5 Å². The van der Waals surface area contributed by atoms with E-state index in [-0.39, 0.29) is 38.1 Å². The van der Waals surface area contributed by atoms with Gasteiger partial charge in [-0.3, -0.25) is 0 Å². The van der Waals surface area contributed by atoms with E-state index < -0.39 is 32.4 Å². The van der Waals surface area contributed by atoms with Crippen molar-refractivity contribution in [1.82, 2.24) is 4.31 Å². The Labute approximate surface area is 150 Å². The monoisotopic (exact) mass is 394 g/mol. The molecule has 0 bridgehead atoms. The lowest BCUT2D eigenvalue weighted by Crippen LogP contribution is -2.37. The summed E-state index contributed by atoms with van der Waals surface area (Å²) >= 11 is 0. The third kappa shape index (κ3) is 5.18. The van der Waals surface area contributed by atoms with Gasteiger partial charge in [0.25, 0.3) is 0 Å². The Bertz CT molecular complexity index is 805. The van der Waals surface area contributed by atoms with E-state index in [2.05, 4.69) is 0 Å². The topological polar surface area (TPSA) is 63.4 Å². The summed E-state index contributed by atoms with van der Waals surface area (Å²) in [7, 11) is -4.33. The van der Waals surface area contributed by atoms with Crippen LogP contribution in [-0.4, -0.2) is 32.4 Å². The Hall–Kier alpha value is -1.61. The highest BCUT2D eigenvalue weighted by atomic mass is 35.5. The SMILES string of the molecule is Cl.NCCN(CCc1ccccc1)S(=O)(=O)c1cc(F)c(F)cc1F. The van der Waals surface area contributed by atoms with Gasteiger partial charge >= 0.3 is 0 Å². The molecule has 4 nitrogen and oxygen atoms in total. The molecule has 138 valence electrons. The van der Waals surface area contributed by atoms with Crippen molar-refractivity contribution in [3.63, 3.8) is 0 Å². The minimum atomic E-state index is -4.33. The van der Waals surface area contributed by atoms with Crippen molar-refractivity contribution in [1.29, 1.82) is 0 Å². The minimum absolute atomic E-state index is 0. The Kier molecular flexibility index (Phi) is 7.88. The van der Waals surface area contributed by atoms with E-state index in [1.54, 1.807) is 0 Å². The van der Waals surface area contributed by atoms with E-state index >= 15 is 0 Å².